The number of benzene rings is 3. The summed E-state index contributed by atoms with van der Waals surface area (Å²) in [4.78, 5) is 26.5. The highest BCUT2D eigenvalue weighted by molar-refractivity contribution is 7.97. The minimum atomic E-state index is -6.70. The third-order valence-corrected chi connectivity index (χ3v) is 9.09. The topological polar surface area (TPSA) is 101 Å². The molecule has 41 heavy (non-hydrogen) atoms. The number of Topliss-reactive ketones (excluding diaryl/α,β-unsaturated/α-hetero) is 1. The van der Waals surface area contributed by atoms with Crippen molar-refractivity contribution in [3.63, 3.8) is 0 Å². The summed E-state index contributed by atoms with van der Waals surface area (Å²) in [6, 6.07) is 32.2. The minimum absolute atomic E-state index is 0.0146. The third kappa shape index (κ3) is 8.60. The van der Waals surface area contributed by atoms with Gasteiger partial charge in [0.1, 0.15) is 5.78 Å². The van der Waals surface area contributed by atoms with Gasteiger partial charge in [-0.15, -0.1) is 0 Å². The first-order chi connectivity index (χ1) is 19.2. The van der Waals surface area contributed by atoms with Crippen LogP contribution in [0.25, 0.3) is 0 Å². The Hall–Kier alpha value is -3.29. The number of hydrogen-bond donors (Lipinski definition) is 0. The highest BCUT2D eigenvalue weighted by Gasteiger charge is 2.63. The van der Waals surface area contributed by atoms with Gasteiger partial charge in [0.2, 0.25) is 0 Å². The van der Waals surface area contributed by atoms with Crippen LogP contribution in [0, 0.1) is 5.92 Å². The van der Waals surface area contributed by atoms with Gasteiger partial charge in [0.15, 0.2) is 24.8 Å². The van der Waals surface area contributed by atoms with E-state index in [0.29, 0.717) is 0 Å². The SMILES string of the molecule is O=C1CCC(C(=O)OC(C(F)(F)F)C(F)(F)S(=O)(=O)[O-])CC1.c1ccc([S+](c2ccccc2)c2ccccc2)cc1. The molecule has 0 aliphatic heterocycles. The summed E-state index contributed by atoms with van der Waals surface area (Å²) in [5.74, 6) is -3.21. The number of esters is 1. The lowest BCUT2D eigenvalue weighted by Gasteiger charge is -2.31. The van der Waals surface area contributed by atoms with Crippen LogP contribution >= 0.6 is 0 Å². The Labute approximate surface area is 236 Å². The summed E-state index contributed by atoms with van der Waals surface area (Å²) < 4.78 is 98.3. The summed E-state index contributed by atoms with van der Waals surface area (Å²) in [5.41, 5.74) is 0. The molecule has 1 fully saturated rings. The molecule has 13 heteroatoms. The standard InChI is InChI=1S/C18H15S.C10H11F5O6S/c1-4-10-16(11-5-1)19(17-12-6-2-7-13-17)18-14-8-3-9-15-18;11-9(12,13)8(10(14,15)22(18,19)20)21-7(17)5-1-3-6(16)4-2-5/h1-15H;5,8H,1-4H2,(H,18,19,20)/q+1;/p-1. The minimum Gasteiger partial charge on any atom is -0.743 e. The molecule has 0 radical (unpaired) electrons. The van der Waals surface area contributed by atoms with E-state index < -0.39 is 39.5 Å². The molecule has 0 aromatic heterocycles. The molecule has 0 N–H and O–H groups in total. The zero-order valence-corrected chi connectivity index (χ0v) is 22.9. The Morgan fingerprint density at radius 2 is 1.15 bits per heavy atom. The summed E-state index contributed by atoms with van der Waals surface area (Å²) in [5, 5.41) is -5.86. The molecule has 1 aliphatic carbocycles. The van der Waals surface area contributed by atoms with E-state index >= 15 is 0 Å². The third-order valence-electron chi connectivity index (χ3n) is 5.98. The summed E-state index contributed by atoms with van der Waals surface area (Å²) >= 11 is 0. The maximum atomic E-state index is 13.1. The molecule has 0 heterocycles. The summed E-state index contributed by atoms with van der Waals surface area (Å²) in [6.45, 7) is 0. The lowest BCUT2D eigenvalue weighted by Crippen LogP contribution is -2.52. The molecule has 3 aromatic rings. The smallest absolute Gasteiger partial charge is 0.432 e. The number of hydrogen-bond acceptors (Lipinski definition) is 6. The van der Waals surface area contributed by atoms with E-state index in [1.54, 1.807) is 0 Å². The Kier molecular flexibility index (Phi) is 10.7. The predicted molar refractivity (Wildman–Crippen MR) is 139 cm³/mol. The van der Waals surface area contributed by atoms with Crippen molar-refractivity contribution in [2.45, 2.75) is 57.9 Å². The van der Waals surface area contributed by atoms with Crippen molar-refractivity contribution in [2.75, 3.05) is 0 Å². The Balaban J connectivity index is 0.000000227. The molecule has 1 unspecified atom stereocenters. The number of ketones is 1. The van der Waals surface area contributed by atoms with E-state index in [-0.39, 0.29) is 42.4 Å². The van der Waals surface area contributed by atoms with Crippen LogP contribution in [0.5, 0.6) is 0 Å². The van der Waals surface area contributed by atoms with Gasteiger partial charge in [-0.2, -0.15) is 22.0 Å². The number of carbonyl (C=O) groups excluding carboxylic acids is 2. The first-order valence-electron chi connectivity index (χ1n) is 12.2. The largest absolute Gasteiger partial charge is 0.743 e. The highest BCUT2D eigenvalue weighted by Crippen LogP contribution is 2.39. The number of alkyl halides is 5. The van der Waals surface area contributed by atoms with E-state index in [1.807, 2.05) is 0 Å². The number of carbonyl (C=O) groups is 2. The molecule has 6 nitrogen and oxygen atoms in total. The fourth-order valence-electron chi connectivity index (χ4n) is 3.92. The van der Waals surface area contributed by atoms with Gasteiger partial charge in [-0.05, 0) is 49.2 Å². The number of halogens is 5. The zero-order chi connectivity index (χ0) is 30.3. The quantitative estimate of drug-likeness (QED) is 0.137. The Bertz CT molecular complexity index is 1300. The van der Waals surface area contributed by atoms with Gasteiger partial charge in [0, 0.05) is 12.8 Å². The van der Waals surface area contributed by atoms with E-state index in [4.69, 9.17) is 0 Å². The monoisotopic (exact) mass is 616 g/mol. The molecule has 4 rings (SSSR count). The lowest BCUT2D eigenvalue weighted by molar-refractivity contribution is -0.261. The van der Waals surface area contributed by atoms with Crippen molar-refractivity contribution < 1.29 is 49.2 Å². The van der Waals surface area contributed by atoms with Crippen LogP contribution in [0.15, 0.2) is 106 Å². The zero-order valence-electron chi connectivity index (χ0n) is 21.3. The number of rotatable bonds is 7. The maximum Gasteiger partial charge on any atom is 0.432 e. The first-order valence-corrected chi connectivity index (χ1v) is 14.9. The van der Waals surface area contributed by atoms with Gasteiger partial charge >= 0.3 is 17.4 Å². The van der Waals surface area contributed by atoms with Crippen LogP contribution in [0.1, 0.15) is 25.7 Å². The van der Waals surface area contributed by atoms with Crippen LogP contribution in [0.3, 0.4) is 0 Å². The second kappa shape index (κ2) is 13.6. The molecule has 0 bridgehead atoms. The van der Waals surface area contributed by atoms with E-state index in [2.05, 4.69) is 95.7 Å². The van der Waals surface area contributed by atoms with Crippen molar-refractivity contribution in [3.8, 4) is 0 Å². The molecular formula is C28H25F5O6S2. The van der Waals surface area contributed by atoms with Crippen molar-refractivity contribution in [2.24, 2.45) is 5.92 Å². The first kappa shape index (κ1) is 32.2. The molecule has 3 aromatic carbocycles. The molecule has 1 saturated carbocycles. The number of ether oxygens (including phenoxy) is 1. The summed E-state index contributed by atoms with van der Waals surface area (Å²) in [7, 11) is -6.72. The molecule has 220 valence electrons. The van der Waals surface area contributed by atoms with Crippen molar-refractivity contribution in [1.29, 1.82) is 0 Å². The molecule has 0 saturated heterocycles. The normalized spacial score (nSPS) is 15.5. The van der Waals surface area contributed by atoms with Gasteiger partial charge in [0.25, 0.3) is 6.10 Å². The van der Waals surface area contributed by atoms with Gasteiger partial charge in [-0.1, -0.05) is 54.6 Å². The van der Waals surface area contributed by atoms with Gasteiger partial charge in [-0.3, -0.25) is 9.59 Å². The molecule has 0 spiro atoms. The van der Waals surface area contributed by atoms with E-state index in [1.165, 1.54) is 14.7 Å². The Morgan fingerprint density at radius 1 is 0.780 bits per heavy atom. The Morgan fingerprint density at radius 3 is 1.46 bits per heavy atom. The second-order valence-electron chi connectivity index (χ2n) is 8.93. The highest BCUT2D eigenvalue weighted by atomic mass is 32.2. The van der Waals surface area contributed by atoms with Crippen LogP contribution in [-0.4, -0.2) is 42.3 Å². The van der Waals surface area contributed by atoms with Crippen LogP contribution in [0.2, 0.25) is 0 Å². The average Bonchev–Trinajstić information content (AvgIpc) is 2.93. The van der Waals surface area contributed by atoms with Crippen molar-refractivity contribution in [3.05, 3.63) is 91.0 Å². The fraction of sp³-hybridized carbons (Fsp3) is 0.286. The van der Waals surface area contributed by atoms with Gasteiger partial charge < -0.3 is 9.29 Å². The van der Waals surface area contributed by atoms with Crippen molar-refractivity contribution in [1.82, 2.24) is 0 Å². The van der Waals surface area contributed by atoms with Crippen LogP contribution < -0.4 is 0 Å². The maximum absolute atomic E-state index is 13.1. The lowest BCUT2D eigenvalue weighted by atomic mass is 9.88. The van der Waals surface area contributed by atoms with Gasteiger partial charge in [-0.25, -0.2) is 8.42 Å². The summed E-state index contributed by atoms with van der Waals surface area (Å²) in [6.07, 6.45) is -11.0. The average molecular weight is 617 g/mol. The van der Waals surface area contributed by atoms with Crippen LogP contribution in [0.4, 0.5) is 22.0 Å². The second-order valence-corrected chi connectivity index (χ2v) is 12.4. The molecule has 1 aliphatic rings. The van der Waals surface area contributed by atoms with Crippen LogP contribution in [-0.2, 0) is 35.3 Å². The van der Waals surface area contributed by atoms with Crippen molar-refractivity contribution >= 4 is 32.8 Å². The van der Waals surface area contributed by atoms with E-state index in [9.17, 15) is 44.5 Å². The van der Waals surface area contributed by atoms with Gasteiger partial charge in [0.05, 0.1) is 16.8 Å². The van der Waals surface area contributed by atoms with E-state index in [0.717, 1.165) is 0 Å². The molecular weight excluding hydrogens is 591 g/mol. The predicted octanol–water partition coefficient (Wildman–Crippen LogP) is 6.14. The molecule has 0 amide bonds. The molecule has 1 atom stereocenters. The fourth-order valence-corrected chi connectivity index (χ4v) is 6.47.